The molecule has 1 aliphatic rings. The molecule has 118 valence electrons. The molecule has 1 atom stereocenters. The number of nitrogens with zero attached hydrogens (tertiary/aromatic N) is 1. The highest BCUT2D eigenvalue weighted by atomic mass is 16.5. The first kappa shape index (κ1) is 16.8. The van der Waals surface area contributed by atoms with Crippen molar-refractivity contribution in [1.29, 1.82) is 5.26 Å². The Kier molecular flexibility index (Phi) is 6.68. The van der Waals surface area contributed by atoms with Gasteiger partial charge in [0.1, 0.15) is 0 Å². The maximum atomic E-state index is 8.89. The predicted molar refractivity (Wildman–Crippen MR) is 90.7 cm³/mol. The third kappa shape index (κ3) is 4.45. The van der Waals surface area contributed by atoms with E-state index in [1.807, 2.05) is 18.2 Å². The van der Waals surface area contributed by atoms with Crippen molar-refractivity contribution < 1.29 is 4.74 Å². The summed E-state index contributed by atoms with van der Waals surface area (Å²) in [7, 11) is 0. The molecule has 0 saturated heterocycles. The molecule has 0 spiro atoms. The van der Waals surface area contributed by atoms with Crippen LogP contribution in [0.5, 0.6) is 0 Å². The highest BCUT2D eigenvalue weighted by Crippen LogP contribution is 2.38. The number of rotatable bonds is 7. The van der Waals surface area contributed by atoms with Crippen LogP contribution in [0, 0.1) is 17.2 Å². The molecule has 0 heterocycles. The molecule has 2 heteroatoms. The summed E-state index contributed by atoms with van der Waals surface area (Å²) in [6, 6.07) is 10.3. The molecule has 0 bridgehead atoms. The first-order valence-corrected chi connectivity index (χ1v) is 8.51. The third-order valence-corrected chi connectivity index (χ3v) is 4.81. The minimum atomic E-state index is 0.393. The van der Waals surface area contributed by atoms with Gasteiger partial charge >= 0.3 is 0 Å². The van der Waals surface area contributed by atoms with Crippen LogP contribution in [0.1, 0.15) is 62.5 Å². The zero-order valence-corrected chi connectivity index (χ0v) is 13.6. The molecule has 1 unspecified atom stereocenters. The second-order valence-corrected chi connectivity index (χ2v) is 6.29. The molecule has 2 nitrogen and oxygen atoms in total. The molecule has 0 amide bonds. The highest BCUT2D eigenvalue weighted by Gasteiger charge is 2.28. The van der Waals surface area contributed by atoms with Crippen LogP contribution in [-0.2, 0) is 4.74 Å². The molecule has 1 saturated carbocycles. The monoisotopic (exact) mass is 297 g/mol. The highest BCUT2D eigenvalue weighted by molar-refractivity contribution is 5.33. The van der Waals surface area contributed by atoms with E-state index in [0.717, 1.165) is 12.0 Å². The predicted octanol–water partition coefficient (Wildman–Crippen LogP) is 5.20. The van der Waals surface area contributed by atoms with Crippen LogP contribution in [0.4, 0.5) is 0 Å². The molecule has 2 rings (SSSR count). The van der Waals surface area contributed by atoms with E-state index in [-0.39, 0.29) is 0 Å². The Morgan fingerprint density at radius 3 is 2.50 bits per heavy atom. The number of ether oxygens (including phenoxy) is 1. The maximum Gasteiger partial charge on any atom is 0.0991 e. The van der Waals surface area contributed by atoms with Gasteiger partial charge in [0.05, 0.1) is 24.3 Å². The lowest BCUT2D eigenvalue weighted by Gasteiger charge is -2.34. The molecule has 1 aromatic rings. The first-order valence-electron chi connectivity index (χ1n) is 8.51. The molecule has 1 fully saturated rings. The van der Waals surface area contributed by atoms with Gasteiger partial charge in [0.15, 0.2) is 0 Å². The molecule has 1 aromatic carbocycles. The largest absolute Gasteiger partial charge is 0.374 e. The SMILES string of the molecule is C=CCOC(CCC)C1CCC(c2ccc(C#N)cc2)CC1. The van der Waals surface area contributed by atoms with E-state index in [0.29, 0.717) is 24.5 Å². The minimum absolute atomic E-state index is 0.393. The zero-order valence-electron chi connectivity index (χ0n) is 13.6. The lowest BCUT2D eigenvalue weighted by Crippen LogP contribution is -2.28. The molecule has 22 heavy (non-hydrogen) atoms. The fourth-order valence-corrected chi connectivity index (χ4v) is 3.59. The van der Waals surface area contributed by atoms with Gasteiger partial charge in [0.25, 0.3) is 0 Å². The van der Waals surface area contributed by atoms with Crippen LogP contribution >= 0.6 is 0 Å². The minimum Gasteiger partial charge on any atom is -0.374 e. The van der Waals surface area contributed by atoms with Crippen molar-refractivity contribution in [3.63, 3.8) is 0 Å². The van der Waals surface area contributed by atoms with E-state index in [4.69, 9.17) is 10.00 Å². The van der Waals surface area contributed by atoms with Crippen molar-refractivity contribution >= 4 is 0 Å². The average Bonchev–Trinajstić information content (AvgIpc) is 2.59. The second kappa shape index (κ2) is 8.76. The summed E-state index contributed by atoms with van der Waals surface area (Å²) in [5.41, 5.74) is 2.13. The Morgan fingerprint density at radius 2 is 1.95 bits per heavy atom. The van der Waals surface area contributed by atoms with Crippen LogP contribution in [0.2, 0.25) is 0 Å². The van der Waals surface area contributed by atoms with Crippen LogP contribution < -0.4 is 0 Å². The number of hydrogen-bond acceptors (Lipinski definition) is 2. The summed E-state index contributed by atoms with van der Waals surface area (Å²) in [5.74, 6) is 1.33. The van der Waals surface area contributed by atoms with Gasteiger partial charge in [0.2, 0.25) is 0 Å². The van der Waals surface area contributed by atoms with Gasteiger partial charge < -0.3 is 4.74 Å². The van der Waals surface area contributed by atoms with Gasteiger partial charge in [0, 0.05) is 0 Å². The molecular weight excluding hydrogens is 270 g/mol. The Balaban J connectivity index is 1.90. The van der Waals surface area contributed by atoms with E-state index >= 15 is 0 Å². The van der Waals surface area contributed by atoms with Crippen molar-refractivity contribution in [3.8, 4) is 6.07 Å². The fourth-order valence-electron chi connectivity index (χ4n) is 3.59. The molecular formula is C20H27NO. The molecule has 0 N–H and O–H groups in total. The summed E-state index contributed by atoms with van der Waals surface area (Å²) in [6.07, 6.45) is 9.52. The Hall–Kier alpha value is -1.59. The van der Waals surface area contributed by atoms with E-state index in [1.165, 1.54) is 37.7 Å². The normalized spacial score (nSPS) is 22.7. The van der Waals surface area contributed by atoms with Crippen LogP contribution in [0.25, 0.3) is 0 Å². The molecule has 0 radical (unpaired) electrons. The Morgan fingerprint density at radius 1 is 1.27 bits per heavy atom. The summed E-state index contributed by atoms with van der Waals surface area (Å²) in [4.78, 5) is 0. The summed E-state index contributed by atoms with van der Waals surface area (Å²) in [5, 5.41) is 8.89. The molecule has 0 aliphatic heterocycles. The van der Waals surface area contributed by atoms with Gasteiger partial charge in [-0.15, -0.1) is 6.58 Å². The second-order valence-electron chi connectivity index (χ2n) is 6.29. The van der Waals surface area contributed by atoms with E-state index in [1.54, 1.807) is 0 Å². The van der Waals surface area contributed by atoms with Crippen molar-refractivity contribution in [2.45, 2.75) is 57.5 Å². The molecule has 1 aliphatic carbocycles. The zero-order chi connectivity index (χ0) is 15.8. The third-order valence-electron chi connectivity index (χ3n) is 4.81. The topological polar surface area (TPSA) is 33.0 Å². The van der Waals surface area contributed by atoms with Crippen LogP contribution in [0.15, 0.2) is 36.9 Å². The Bertz CT molecular complexity index is 491. The van der Waals surface area contributed by atoms with Gasteiger partial charge in [-0.05, 0) is 61.6 Å². The van der Waals surface area contributed by atoms with Crippen molar-refractivity contribution in [2.75, 3.05) is 6.61 Å². The lowest BCUT2D eigenvalue weighted by atomic mass is 9.76. The summed E-state index contributed by atoms with van der Waals surface area (Å²) >= 11 is 0. The van der Waals surface area contributed by atoms with Gasteiger partial charge in [-0.2, -0.15) is 5.26 Å². The average molecular weight is 297 g/mol. The van der Waals surface area contributed by atoms with Crippen LogP contribution in [-0.4, -0.2) is 12.7 Å². The Labute approximate surface area is 134 Å². The van der Waals surface area contributed by atoms with Crippen molar-refractivity contribution in [1.82, 2.24) is 0 Å². The summed E-state index contributed by atoms with van der Waals surface area (Å²) in [6.45, 7) is 6.65. The number of hydrogen-bond donors (Lipinski definition) is 0. The van der Waals surface area contributed by atoms with Crippen molar-refractivity contribution in [2.24, 2.45) is 5.92 Å². The lowest BCUT2D eigenvalue weighted by molar-refractivity contribution is 0.00785. The van der Waals surface area contributed by atoms with E-state index in [9.17, 15) is 0 Å². The first-order chi connectivity index (χ1) is 10.8. The number of nitriles is 1. The van der Waals surface area contributed by atoms with Crippen LogP contribution in [0.3, 0.4) is 0 Å². The van der Waals surface area contributed by atoms with Crippen molar-refractivity contribution in [3.05, 3.63) is 48.0 Å². The fraction of sp³-hybridized carbons (Fsp3) is 0.550. The molecule has 0 aromatic heterocycles. The number of benzene rings is 1. The quantitative estimate of drug-likeness (QED) is 0.648. The summed E-state index contributed by atoms with van der Waals surface area (Å²) < 4.78 is 5.99. The van der Waals surface area contributed by atoms with Gasteiger partial charge in [-0.3, -0.25) is 0 Å². The smallest absolute Gasteiger partial charge is 0.0991 e. The van der Waals surface area contributed by atoms with E-state index < -0.39 is 0 Å². The van der Waals surface area contributed by atoms with E-state index in [2.05, 4.69) is 31.7 Å². The van der Waals surface area contributed by atoms with Gasteiger partial charge in [-0.1, -0.05) is 31.6 Å². The van der Waals surface area contributed by atoms with Gasteiger partial charge in [-0.25, -0.2) is 0 Å². The standard InChI is InChI=1S/C20H27NO/c1-3-5-20(22-14-4-2)19-12-10-18(11-13-19)17-8-6-16(15-21)7-9-17/h4,6-9,18-20H,2-3,5,10-14H2,1H3. The maximum absolute atomic E-state index is 8.89.